The zero-order valence-corrected chi connectivity index (χ0v) is 8.88. The Morgan fingerprint density at radius 2 is 2.14 bits per heavy atom. The van der Waals surface area contributed by atoms with Crippen LogP contribution in [0.1, 0.15) is 17.2 Å². The van der Waals surface area contributed by atoms with Crippen molar-refractivity contribution in [3.8, 4) is 0 Å². The molecule has 3 nitrogen and oxygen atoms in total. The van der Waals surface area contributed by atoms with E-state index in [2.05, 4.69) is 15.9 Å². The minimum atomic E-state index is -1.68. The molecule has 0 aliphatic carbocycles. The summed E-state index contributed by atoms with van der Waals surface area (Å²) in [6.07, 6.45) is -1.68. The van der Waals surface area contributed by atoms with Crippen molar-refractivity contribution >= 4 is 21.9 Å². The van der Waals surface area contributed by atoms with E-state index in [1.807, 2.05) is 0 Å². The predicted octanol–water partition coefficient (Wildman–Crippen LogP) is 2.01. The number of rotatable bonds is 2. The maximum Gasteiger partial charge on any atom is 0.337 e. The van der Waals surface area contributed by atoms with Crippen molar-refractivity contribution in [3.05, 3.63) is 33.5 Å². The largest absolute Gasteiger partial charge is 0.479 e. The van der Waals surface area contributed by atoms with Crippen LogP contribution in [0.15, 0.2) is 16.6 Å². The molecule has 1 aromatic carbocycles. The molecule has 1 unspecified atom stereocenters. The van der Waals surface area contributed by atoms with E-state index in [0.717, 1.165) is 6.07 Å². The summed E-state index contributed by atoms with van der Waals surface area (Å²) in [6.45, 7) is 1.62. The van der Waals surface area contributed by atoms with E-state index >= 15 is 0 Å². The standard InChI is InChI=1S/C9H8BrFO3/c1-4-2-5(8(12)9(13)14)3-6(11)7(4)10/h2-3,8,12H,1H3,(H,13,14). The first-order valence-corrected chi connectivity index (χ1v) is 4.59. The summed E-state index contributed by atoms with van der Waals surface area (Å²) in [4.78, 5) is 10.4. The molecule has 0 heterocycles. The second-order valence-corrected chi connectivity index (χ2v) is 3.67. The van der Waals surface area contributed by atoms with E-state index in [-0.39, 0.29) is 10.0 Å². The van der Waals surface area contributed by atoms with Crippen LogP contribution < -0.4 is 0 Å². The summed E-state index contributed by atoms with van der Waals surface area (Å²) in [6, 6.07) is 2.42. The second-order valence-electron chi connectivity index (χ2n) is 2.87. The van der Waals surface area contributed by atoms with Crippen LogP contribution in [0.2, 0.25) is 0 Å². The second kappa shape index (κ2) is 4.06. The lowest BCUT2D eigenvalue weighted by Crippen LogP contribution is -2.11. The van der Waals surface area contributed by atoms with Gasteiger partial charge in [-0.3, -0.25) is 0 Å². The quantitative estimate of drug-likeness (QED) is 0.858. The van der Waals surface area contributed by atoms with Crippen LogP contribution in [0.5, 0.6) is 0 Å². The Morgan fingerprint density at radius 1 is 1.57 bits per heavy atom. The lowest BCUT2D eigenvalue weighted by atomic mass is 10.1. The van der Waals surface area contributed by atoms with Crippen molar-refractivity contribution in [2.45, 2.75) is 13.0 Å². The molecule has 1 atom stereocenters. The minimum Gasteiger partial charge on any atom is -0.479 e. The Bertz CT molecular complexity index is 355. The number of hydrogen-bond acceptors (Lipinski definition) is 2. The van der Waals surface area contributed by atoms with Crippen LogP contribution in [0, 0.1) is 12.7 Å². The number of aliphatic carboxylic acids is 1. The van der Waals surface area contributed by atoms with Crippen molar-refractivity contribution in [2.24, 2.45) is 0 Å². The van der Waals surface area contributed by atoms with Gasteiger partial charge in [0.2, 0.25) is 0 Å². The first-order valence-electron chi connectivity index (χ1n) is 3.80. The number of aliphatic hydroxyl groups is 1. The summed E-state index contributed by atoms with van der Waals surface area (Å²) >= 11 is 3.00. The summed E-state index contributed by atoms with van der Waals surface area (Å²) in [5.74, 6) is -1.98. The topological polar surface area (TPSA) is 57.5 Å². The van der Waals surface area contributed by atoms with Crippen LogP contribution in [-0.2, 0) is 4.79 Å². The highest BCUT2D eigenvalue weighted by atomic mass is 79.9. The van der Waals surface area contributed by atoms with Crippen molar-refractivity contribution < 1.29 is 19.4 Å². The molecule has 0 saturated carbocycles. The molecule has 0 amide bonds. The summed E-state index contributed by atoms with van der Waals surface area (Å²) in [7, 11) is 0. The van der Waals surface area contributed by atoms with Crippen molar-refractivity contribution in [1.29, 1.82) is 0 Å². The molecule has 5 heteroatoms. The van der Waals surface area contributed by atoms with E-state index in [4.69, 9.17) is 10.2 Å². The maximum atomic E-state index is 13.1. The van der Waals surface area contributed by atoms with Crippen molar-refractivity contribution in [1.82, 2.24) is 0 Å². The third-order valence-electron chi connectivity index (χ3n) is 1.78. The summed E-state index contributed by atoms with van der Waals surface area (Å²) in [5, 5.41) is 17.7. The van der Waals surface area contributed by atoms with Gasteiger partial charge in [-0.2, -0.15) is 0 Å². The highest BCUT2D eigenvalue weighted by molar-refractivity contribution is 9.10. The molecule has 14 heavy (non-hydrogen) atoms. The van der Waals surface area contributed by atoms with E-state index in [1.54, 1.807) is 6.92 Å². The molecule has 1 aromatic rings. The first kappa shape index (κ1) is 11.1. The Morgan fingerprint density at radius 3 is 2.57 bits per heavy atom. The van der Waals surface area contributed by atoms with E-state index in [1.165, 1.54) is 6.07 Å². The molecule has 76 valence electrons. The first-order chi connectivity index (χ1) is 6.43. The number of carboxylic acid groups (broad SMARTS) is 1. The summed E-state index contributed by atoms with van der Waals surface area (Å²) in [5.41, 5.74) is 0.580. The molecule has 0 radical (unpaired) electrons. The monoisotopic (exact) mass is 262 g/mol. The predicted molar refractivity (Wildman–Crippen MR) is 51.4 cm³/mol. The zero-order chi connectivity index (χ0) is 10.9. The molecule has 1 rings (SSSR count). The minimum absolute atomic E-state index is 0.0377. The number of aryl methyl sites for hydroxylation is 1. The Labute approximate surface area is 88.3 Å². The number of carbonyl (C=O) groups is 1. The Hall–Kier alpha value is -0.940. The maximum absolute atomic E-state index is 13.1. The molecule has 0 aliphatic heterocycles. The van der Waals surface area contributed by atoms with Gasteiger partial charge in [-0.25, -0.2) is 9.18 Å². The number of aliphatic hydroxyl groups excluding tert-OH is 1. The molecule has 2 N–H and O–H groups in total. The van der Waals surface area contributed by atoms with E-state index < -0.39 is 17.9 Å². The molecule has 0 saturated heterocycles. The smallest absolute Gasteiger partial charge is 0.337 e. The van der Waals surface area contributed by atoms with Gasteiger partial charge in [-0.05, 0) is 40.0 Å². The van der Waals surface area contributed by atoms with Gasteiger partial charge in [-0.15, -0.1) is 0 Å². The number of halogens is 2. The molecule has 0 bridgehead atoms. The van der Waals surface area contributed by atoms with Crippen molar-refractivity contribution in [3.63, 3.8) is 0 Å². The van der Waals surface area contributed by atoms with Gasteiger partial charge >= 0.3 is 5.97 Å². The Kier molecular flexibility index (Phi) is 3.23. The normalized spacial score (nSPS) is 12.6. The van der Waals surface area contributed by atoms with E-state index in [9.17, 15) is 9.18 Å². The fourth-order valence-corrected chi connectivity index (χ4v) is 1.28. The number of hydrogen-bond donors (Lipinski definition) is 2. The third-order valence-corrected chi connectivity index (χ3v) is 2.79. The van der Waals surface area contributed by atoms with Gasteiger partial charge in [0.05, 0.1) is 4.47 Å². The fraction of sp³-hybridized carbons (Fsp3) is 0.222. The molecule has 0 fully saturated rings. The third kappa shape index (κ3) is 2.10. The van der Waals surface area contributed by atoms with Crippen LogP contribution in [0.25, 0.3) is 0 Å². The van der Waals surface area contributed by atoms with Gasteiger partial charge in [0.15, 0.2) is 6.10 Å². The highest BCUT2D eigenvalue weighted by Crippen LogP contribution is 2.24. The Balaban J connectivity index is 3.19. The van der Waals surface area contributed by atoms with Gasteiger partial charge in [-0.1, -0.05) is 6.07 Å². The van der Waals surface area contributed by atoms with Gasteiger partial charge in [0.25, 0.3) is 0 Å². The molecule has 0 aliphatic rings. The molecule has 0 spiro atoms. The zero-order valence-electron chi connectivity index (χ0n) is 7.29. The van der Waals surface area contributed by atoms with Gasteiger partial charge in [0.1, 0.15) is 5.82 Å². The lowest BCUT2D eigenvalue weighted by molar-refractivity contribution is -0.146. The molecule has 0 aromatic heterocycles. The average molecular weight is 263 g/mol. The highest BCUT2D eigenvalue weighted by Gasteiger charge is 2.18. The fourth-order valence-electron chi connectivity index (χ4n) is 1.05. The van der Waals surface area contributed by atoms with Crippen LogP contribution >= 0.6 is 15.9 Å². The van der Waals surface area contributed by atoms with E-state index in [0.29, 0.717) is 5.56 Å². The van der Waals surface area contributed by atoms with Crippen LogP contribution in [0.4, 0.5) is 4.39 Å². The molecular weight excluding hydrogens is 255 g/mol. The number of benzene rings is 1. The van der Waals surface area contributed by atoms with Gasteiger partial charge < -0.3 is 10.2 Å². The SMILES string of the molecule is Cc1cc(C(O)C(=O)O)cc(F)c1Br. The van der Waals surface area contributed by atoms with Crippen LogP contribution in [0.3, 0.4) is 0 Å². The number of carboxylic acids is 1. The lowest BCUT2D eigenvalue weighted by Gasteiger charge is -2.08. The average Bonchev–Trinajstić information content (AvgIpc) is 2.12. The van der Waals surface area contributed by atoms with Crippen LogP contribution in [-0.4, -0.2) is 16.2 Å². The summed E-state index contributed by atoms with van der Waals surface area (Å²) < 4.78 is 13.4. The molecular formula is C9H8BrFO3. The van der Waals surface area contributed by atoms with Crippen molar-refractivity contribution in [2.75, 3.05) is 0 Å². The van der Waals surface area contributed by atoms with Gasteiger partial charge in [0, 0.05) is 0 Å².